The van der Waals surface area contributed by atoms with Crippen LogP contribution in [0.25, 0.3) is 0 Å². The quantitative estimate of drug-likeness (QED) is 0.785. The third-order valence-electron chi connectivity index (χ3n) is 1.37. The highest BCUT2D eigenvalue weighted by Gasteiger charge is 2.21. The number of sulfonamides is 1. The first-order valence-corrected chi connectivity index (χ1v) is 6.05. The molecule has 0 spiro atoms. The minimum absolute atomic E-state index is 0.0621. The summed E-state index contributed by atoms with van der Waals surface area (Å²) < 4.78 is 22.8. The van der Waals surface area contributed by atoms with Crippen molar-refractivity contribution in [3.63, 3.8) is 0 Å². The molecular formula is C6H3Cl4NO2S. The van der Waals surface area contributed by atoms with Crippen LogP contribution in [-0.2, 0) is 10.0 Å². The maximum absolute atomic E-state index is 11.4. The Hall–Kier alpha value is 0.290. The van der Waals surface area contributed by atoms with Crippen molar-refractivity contribution in [2.24, 2.45) is 0 Å². The van der Waals surface area contributed by atoms with Gasteiger partial charge in [0.2, 0.25) is 0 Å². The zero-order valence-electron chi connectivity index (χ0n) is 6.42. The van der Waals surface area contributed by atoms with E-state index in [0.29, 0.717) is 0 Å². The van der Waals surface area contributed by atoms with Crippen molar-refractivity contribution < 1.29 is 8.42 Å². The molecule has 0 aliphatic heterocycles. The maximum atomic E-state index is 11.4. The van der Waals surface area contributed by atoms with E-state index in [1.165, 1.54) is 12.1 Å². The van der Waals surface area contributed by atoms with E-state index >= 15 is 0 Å². The Bertz CT molecular complexity index is 445. The number of rotatable bonds is 2. The summed E-state index contributed by atoms with van der Waals surface area (Å²) in [6, 6.07) is 3.76. The van der Waals surface area contributed by atoms with E-state index in [-0.39, 0.29) is 18.3 Å². The van der Waals surface area contributed by atoms with Gasteiger partial charge in [0.05, 0.1) is 14.9 Å². The van der Waals surface area contributed by atoms with Gasteiger partial charge in [-0.05, 0) is 21.5 Å². The molecule has 0 atom stereocenters. The van der Waals surface area contributed by atoms with Crippen LogP contribution in [0.1, 0.15) is 0 Å². The minimum Gasteiger partial charge on any atom is -0.204 e. The number of benzene rings is 1. The Balaban J connectivity index is 3.29. The summed E-state index contributed by atoms with van der Waals surface area (Å²) in [4.78, 5) is -0.128. The Kier molecular flexibility index (Phi) is 3.91. The van der Waals surface area contributed by atoms with Gasteiger partial charge < -0.3 is 0 Å². The molecule has 0 aliphatic carbocycles. The first-order chi connectivity index (χ1) is 6.35. The molecule has 0 radical (unpaired) electrons. The predicted molar refractivity (Wildman–Crippen MR) is 57.2 cm³/mol. The van der Waals surface area contributed by atoms with Crippen LogP contribution >= 0.6 is 46.8 Å². The molecule has 0 bridgehead atoms. The molecule has 1 rings (SSSR count). The average Bonchev–Trinajstić information content (AvgIpc) is 2.09. The van der Waals surface area contributed by atoms with E-state index in [2.05, 4.69) is 0 Å². The van der Waals surface area contributed by atoms with Gasteiger partial charge in [0.1, 0.15) is 0 Å². The van der Waals surface area contributed by atoms with Gasteiger partial charge in [0.15, 0.2) is 0 Å². The van der Waals surface area contributed by atoms with Crippen LogP contribution in [0.15, 0.2) is 23.1 Å². The molecule has 78 valence electrons. The van der Waals surface area contributed by atoms with Gasteiger partial charge in [-0.25, -0.2) is 8.42 Å². The molecule has 0 saturated carbocycles. The molecule has 0 saturated heterocycles. The molecule has 8 heteroatoms. The Labute approximate surface area is 101 Å². The van der Waals surface area contributed by atoms with Gasteiger partial charge in [-0.2, -0.15) is 0 Å². The maximum Gasteiger partial charge on any atom is 0.270 e. The molecule has 0 N–H and O–H groups in total. The number of hydrogen-bond donors (Lipinski definition) is 0. The number of hydrogen-bond acceptors (Lipinski definition) is 2. The second-order valence-electron chi connectivity index (χ2n) is 2.25. The van der Waals surface area contributed by atoms with Crippen molar-refractivity contribution in [3.05, 3.63) is 28.2 Å². The molecule has 0 fully saturated rings. The van der Waals surface area contributed by atoms with Gasteiger partial charge in [-0.15, -0.1) is 0 Å². The summed E-state index contributed by atoms with van der Waals surface area (Å²) >= 11 is 21.5. The highest BCUT2D eigenvalue weighted by Crippen LogP contribution is 2.27. The topological polar surface area (TPSA) is 37.4 Å². The zero-order valence-corrected chi connectivity index (χ0v) is 10.3. The molecule has 0 aromatic heterocycles. The minimum atomic E-state index is -3.90. The summed E-state index contributed by atoms with van der Waals surface area (Å²) in [6.45, 7) is 0. The van der Waals surface area contributed by atoms with Crippen LogP contribution in [-0.4, -0.2) is 11.8 Å². The molecule has 0 heterocycles. The highest BCUT2D eigenvalue weighted by atomic mass is 35.5. The predicted octanol–water partition coefficient (Wildman–Crippen LogP) is 3.29. The summed E-state index contributed by atoms with van der Waals surface area (Å²) in [6.07, 6.45) is 0. The lowest BCUT2D eigenvalue weighted by Crippen LogP contribution is -2.12. The molecule has 3 nitrogen and oxygen atoms in total. The molecule has 0 aliphatic rings. The fraction of sp³-hybridized carbons (Fsp3) is 0. The zero-order chi connectivity index (χ0) is 10.9. The van der Waals surface area contributed by atoms with Crippen LogP contribution in [0.2, 0.25) is 10.0 Å². The third kappa shape index (κ3) is 2.45. The fourth-order valence-electron chi connectivity index (χ4n) is 0.717. The van der Waals surface area contributed by atoms with Crippen LogP contribution in [0.4, 0.5) is 0 Å². The van der Waals surface area contributed by atoms with E-state index in [1.54, 1.807) is 0 Å². The summed E-state index contributed by atoms with van der Waals surface area (Å²) in [7, 11) is -3.90. The average molecular weight is 295 g/mol. The van der Waals surface area contributed by atoms with Crippen molar-refractivity contribution in [1.82, 2.24) is 3.34 Å². The van der Waals surface area contributed by atoms with Crippen molar-refractivity contribution in [2.45, 2.75) is 4.90 Å². The smallest absolute Gasteiger partial charge is 0.204 e. The SMILES string of the molecule is O=S(=O)(c1ccc(Cl)c(Cl)c1)N(Cl)Cl. The lowest BCUT2D eigenvalue weighted by atomic mass is 10.4. The first kappa shape index (κ1) is 12.4. The van der Waals surface area contributed by atoms with Gasteiger partial charge in [0.25, 0.3) is 10.0 Å². The molecule has 1 aromatic carbocycles. The van der Waals surface area contributed by atoms with E-state index in [1.807, 2.05) is 0 Å². The second-order valence-corrected chi connectivity index (χ2v) is 6.10. The van der Waals surface area contributed by atoms with Gasteiger partial charge in [-0.1, -0.05) is 23.2 Å². The van der Waals surface area contributed by atoms with E-state index in [0.717, 1.165) is 6.07 Å². The van der Waals surface area contributed by atoms with Crippen LogP contribution in [0.3, 0.4) is 0 Å². The van der Waals surface area contributed by atoms with Gasteiger partial charge in [0, 0.05) is 23.6 Å². The van der Waals surface area contributed by atoms with E-state index < -0.39 is 10.0 Å². The van der Waals surface area contributed by atoms with Crippen LogP contribution < -0.4 is 0 Å². The lowest BCUT2D eigenvalue weighted by Gasteiger charge is -2.06. The first-order valence-electron chi connectivity index (χ1n) is 3.17. The van der Waals surface area contributed by atoms with Crippen LogP contribution in [0.5, 0.6) is 0 Å². The van der Waals surface area contributed by atoms with Crippen molar-refractivity contribution in [3.8, 4) is 0 Å². The molecule has 0 amide bonds. The second kappa shape index (κ2) is 4.43. The van der Waals surface area contributed by atoms with Gasteiger partial charge in [-0.3, -0.25) is 0 Å². The highest BCUT2D eigenvalue weighted by molar-refractivity contribution is 7.91. The Morgan fingerprint density at radius 2 is 1.64 bits per heavy atom. The Morgan fingerprint density at radius 3 is 2.07 bits per heavy atom. The lowest BCUT2D eigenvalue weighted by molar-refractivity contribution is 0.579. The summed E-state index contributed by atoms with van der Waals surface area (Å²) in [5.74, 6) is 0. The van der Waals surface area contributed by atoms with Crippen molar-refractivity contribution in [2.75, 3.05) is 0 Å². The Morgan fingerprint density at radius 1 is 1.07 bits per heavy atom. The van der Waals surface area contributed by atoms with Crippen molar-refractivity contribution >= 4 is 56.8 Å². The number of halogens is 4. The number of nitrogens with zero attached hydrogens (tertiary/aromatic N) is 1. The van der Waals surface area contributed by atoms with Crippen molar-refractivity contribution in [1.29, 1.82) is 0 Å². The van der Waals surface area contributed by atoms with E-state index in [4.69, 9.17) is 46.8 Å². The van der Waals surface area contributed by atoms with E-state index in [9.17, 15) is 8.42 Å². The monoisotopic (exact) mass is 293 g/mol. The summed E-state index contributed by atoms with van der Waals surface area (Å²) in [5, 5.41) is 0.365. The molecule has 14 heavy (non-hydrogen) atoms. The molecule has 1 aromatic rings. The fourth-order valence-corrected chi connectivity index (χ4v) is 2.22. The normalized spacial score (nSPS) is 12.1. The van der Waals surface area contributed by atoms with Crippen LogP contribution in [0, 0.1) is 0 Å². The standard InChI is InChI=1S/C6H3Cl4NO2S/c7-5-2-1-4(3-6(5)8)14(12,13)11(9)10/h1-3H. The summed E-state index contributed by atoms with van der Waals surface area (Å²) in [5.41, 5.74) is 0. The molecule has 0 unspecified atom stereocenters. The molecular weight excluding hydrogens is 292 g/mol. The third-order valence-corrected chi connectivity index (χ3v) is 4.41. The van der Waals surface area contributed by atoms with Gasteiger partial charge >= 0.3 is 0 Å². The largest absolute Gasteiger partial charge is 0.270 e.